The first-order valence-electron chi connectivity index (χ1n) is 22.6. The zero-order chi connectivity index (χ0) is 39.6. The molecule has 8 atom stereocenters. The van der Waals surface area contributed by atoms with Crippen molar-refractivity contribution < 1.29 is 26.2 Å². The van der Waals surface area contributed by atoms with E-state index < -0.39 is 8.07 Å². The third kappa shape index (κ3) is 13.7. The minimum atomic E-state index is -1.38. The van der Waals surface area contributed by atoms with Crippen LogP contribution in [-0.2, 0) is 39.0 Å². The molecule has 0 amide bonds. The van der Waals surface area contributed by atoms with Gasteiger partial charge < -0.3 is 28.0 Å². The molecule has 4 aliphatic rings. The van der Waals surface area contributed by atoms with Gasteiger partial charge in [-0.15, -0.1) is 0 Å². The molecule has 0 saturated heterocycles. The second-order valence-electron chi connectivity index (χ2n) is 17.7. The van der Waals surface area contributed by atoms with Crippen molar-refractivity contribution in [2.75, 3.05) is 0 Å². The maximum Gasteiger partial charge on any atom is 4.00 e. The van der Waals surface area contributed by atoms with Crippen molar-refractivity contribution in [1.29, 1.82) is 0 Å². The Labute approximate surface area is 385 Å². The van der Waals surface area contributed by atoms with Gasteiger partial charge in [0.05, 0.1) is 8.07 Å². The zero-order valence-corrected chi connectivity index (χ0v) is 41.2. The molecule has 8 unspecified atom stereocenters. The van der Waals surface area contributed by atoms with Crippen molar-refractivity contribution >= 4 is 8.07 Å². The molecule has 0 radical (unpaired) electrons. The monoisotopic (exact) mass is 883 g/mol. The Morgan fingerprint density at radius 1 is 0.475 bits per heavy atom. The van der Waals surface area contributed by atoms with Gasteiger partial charge in [0.25, 0.3) is 0 Å². The van der Waals surface area contributed by atoms with E-state index in [1.54, 1.807) is 42.9 Å². The second kappa shape index (κ2) is 28.1. The van der Waals surface area contributed by atoms with Crippen LogP contribution in [0.2, 0.25) is 23.7 Å². The Bertz CT molecular complexity index is 1510. The molecule has 0 spiro atoms. The summed E-state index contributed by atoms with van der Waals surface area (Å²) in [5.74, 6) is 5.69. The van der Waals surface area contributed by atoms with E-state index in [9.17, 15) is 0 Å². The van der Waals surface area contributed by atoms with Gasteiger partial charge in [0, 0.05) is 0 Å². The quantitative estimate of drug-likeness (QED) is 0.0755. The third-order valence-electron chi connectivity index (χ3n) is 15.0. The molecule has 8 rings (SSSR count). The fourth-order valence-corrected chi connectivity index (χ4v) is 19.5. The Kier molecular flexibility index (Phi) is 25.1. The summed E-state index contributed by atoms with van der Waals surface area (Å²) >= 11 is 0. The Balaban J connectivity index is 0.000000443. The second-order valence-corrected chi connectivity index (χ2v) is 22.7. The Hall–Kier alpha value is -2.54. The molecule has 4 aromatic rings. The van der Waals surface area contributed by atoms with Crippen LogP contribution < -0.4 is 0 Å². The van der Waals surface area contributed by atoms with Gasteiger partial charge >= 0.3 is 26.2 Å². The van der Waals surface area contributed by atoms with Crippen LogP contribution in [-0.4, -0.2) is 8.07 Å². The first kappa shape index (κ1) is 52.6. The van der Waals surface area contributed by atoms with Gasteiger partial charge in [-0.25, -0.2) is 0 Å². The molecule has 0 N–H and O–H groups in total. The summed E-state index contributed by atoms with van der Waals surface area (Å²) in [5, 5.41) is 0. The maximum atomic E-state index is 4.25. The first-order chi connectivity index (χ1) is 27.7. The van der Waals surface area contributed by atoms with Gasteiger partial charge in [-0.2, -0.15) is 0 Å². The van der Waals surface area contributed by atoms with Crippen molar-refractivity contribution in [1.82, 2.24) is 0 Å². The molecule has 0 heterocycles. The summed E-state index contributed by atoms with van der Waals surface area (Å²) < 4.78 is 0. The van der Waals surface area contributed by atoms with Crippen LogP contribution in [0, 0.1) is 51.7 Å². The van der Waals surface area contributed by atoms with E-state index in [-0.39, 0.29) is 41.1 Å². The Morgan fingerprint density at radius 2 is 0.831 bits per heavy atom. The van der Waals surface area contributed by atoms with Gasteiger partial charge in [0.1, 0.15) is 0 Å². The number of benzene rings is 4. The van der Waals surface area contributed by atoms with Crippen molar-refractivity contribution in [2.45, 2.75) is 145 Å². The van der Waals surface area contributed by atoms with Gasteiger partial charge in [-0.3, -0.25) is 13.2 Å². The number of hydrogen-bond acceptors (Lipinski definition) is 0. The summed E-state index contributed by atoms with van der Waals surface area (Å²) in [5.41, 5.74) is 8.42. The van der Waals surface area contributed by atoms with E-state index in [1.165, 1.54) is 88.2 Å². The molecule has 4 fully saturated rings. The molecule has 4 saturated carbocycles. The molecule has 2 heteroatoms. The number of aryl methyl sites for hydroxylation is 2. The normalized spacial score (nSPS) is 25.9. The minimum absolute atomic E-state index is 0. The smallest absolute Gasteiger partial charge is 0.521 e. The van der Waals surface area contributed by atoms with Gasteiger partial charge in [0.2, 0.25) is 0 Å². The van der Waals surface area contributed by atoms with Gasteiger partial charge in [0.15, 0.2) is 0 Å². The van der Waals surface area contributed by atoms with Crippen LogP contribution in [0.15, 0.2) is 134 Å². The van der Waals surface area contributed by atoms with Crippen LogP contribution in [0.5, 0.6) is 0 Å². The van der Waals surface area contributed by atoms with E-state index in [2.05, 4.69) is 161 Å². The average molecular weight is 885 g/mol. The predicted octanol–water partition coefficient (Wildman–Crippen LogP) is 17.0. The van der Waals surface area contributed by atoms with Crippen LogP contribution in [0.4, 0.5) is 0 Å². The summed E-state index contributed by atoms with van der Waals surface area (Å²) in [6.07, 6.45) is 23.0. The summed E-state index contributed by atoms with van der Waals surface area (Å²) in [6.45, 7) is 19.4. The number of fused-ring (bicyclic) bond motifs is 2. The maximum absolute atomic E-state index is 4.25. The number of hydrogen-bond donors (Lipinski definition) is 0. The topological polar surface area (TPSA) is 0 Å². The molecule has 4 aliphatic carbocycles. The average Bonchev–Trinajstić information content (AvgIpc) is 3.94. The number of rotatable bonds is 12. The molecule has 0 aliphatic heterocycles. The van der Waals surface area contributed by atoms with Crippen molar-refractivity contribution in [3.05, 3.63) is 185 Å². The van der Waals surface area contributed by atoms with Crippen molar-refractivity contribution in [3.8, 4) is 0 Å². The fraction of sp³-hybridized carbons (Fsp3) is 0.474. The summed E-state index contributed by atoms with van der Waals surface area (Å²) in [4.78, 5) is 0. The molecular formula is C57H80SiZr. The van der Waals surface area contributed by atoms with Crippen LogP contribution in [0.3, 0.4) is 0 Å². The van der Waals surface area contributed by atoms with E-state index in [0.717, 1.165) is 46.6 Å². The SMILES string of the molecule is CCCC[Si](C)(C1CCC2C(c3ccccc3)CCCC21)C1CCC2C(c3ccccc3)CCCC21.[CH-]=C.[CH-]=C.[CH3-].[CH3-].[Zr+4].c1ccc(CCCCc2ccccc2)cc1. The molecular weight excluding hydrogens is 804 g/mol. The molecule has 0 nitrogen and oxygen atoms in total. The van der Waals surface area contributed by atoms with E-state index >= 15 is 0 Å². The first-order valence-corrected chi connectivity index (χ1v) is 25.5. The molecule has 4 aromatic carbocycles. The minimum Gasteiger partial charge on any atom is -0.521 e. The molecule has 316 valence electrons. The zero-order valence-electron chi connectivity index (χ0n) is 37.8. The molecule has 0 bridgehead atoms. The van der Waals surface area contributed by atoms with Gasteiger partial charge in [-0.1, -0.05) is 192 Å². The van der Waals surface area contributed by atoms with Crippen molar-refractivity contribution in [2.24, 2.45) is 23.7 Å². The number of unbranched alkanes of at least 4 members (excludes halogenated alkanes) is 2. The van der Waals surface area contributed by atoms with Crippen LogP contribution in [0.1, 0.15) is 131 Å². The van der Waals surface area contributed by atoms with E-state index in [0.29, 0.717) is 0 Å². The largest absolute Gasteiger partial charge is 4.00 e. The third-order valence-corrected chi connectivity index (χ3v) is 21.2. The summed E-state index contributed by atoms with van der Waals surface area (Å²) in [7, 11) is -1.38. The molecule has 59 heavy (non-hydrogen) atoms. The van der Waals surface area contributed by atoms with E-state index in [1.807, 2.05) is 0 Å². The fourth-order valence-electron chi connectivity index (χ4n) is 12.6. The standard InChI is InChI=1S/C35H50Si.C16H18.2C2H3.2CH3.Zr/c1-3-4-25-36(2,34-23-21-30-28(17-11-19-32(30)34)26-13-7-5-8-14-26)35-24-22-31-29(18-12-20-33(31)35)27-15-9-6-10-16-27;1-3-9-15(10-4-1)13-7-8-14-16-11-5-2-6-12-16;2*1-2;;;/h5-10,13-16,28-35H,3-4,11-12,17-25H2,1-2H3;1-6,9-12H,7-8,13-14H2;2*1H,2H2;2*1H3;/q;;4*-1;+4. The van der Waals surface area contributed by atoms with Crippen LogP contribution >= 0.6 is 0 Å². The summed E-state index contributed by atoms with van der Waals surface area (Å²) in [6, 6.07) is 46.4. The molecule has 0 aromatic heterocycles. The predicted molar refractivity (Wildman–Crippen MR) is 260 cm³/mol. The van der Waals surface area contributed by atoms with Gasteiger partial charge in [-0.05, 0) is 120 Å². The van der Waals surface area contributed by atoms with E-state index in [4.69, 9.17) is 0 Å². The Morgan fingerprint density at radius 3 is 1.19 bits per heavy atom. The van der Waals surface area contributed by atoms with Crippen LogP contribution in [0.25, 0.3) is 0 Å². The van der Waals surface area contributed by atoms with Crippen molar-refractivity contribution in [3.63, 3.8) is 0 Å².